The molecule has 1 aromatic heterocycles. The van der Waals surface area contributed by atoms with Crippen LogP contribution in [0.25, 0.3) is 0 Å². The van der Waals surface area contributed by atoms with Gasteiger partial charge in [0.25, 0.3) is 0 Å². The van der Waals surface area contributed by atoms with Crippen molar-refractivity contribution in [1.29, 1.82) is 0 Å². The summed E-state index contributed by atoms with van der Waals surface area (Å²) in [5.41, 5.74) is 0.640. The summed E-state index contributed by atoms with van der Waals surface area (Å²) < 4.78 is 15.4. The normalized spacial score (nSPS) is 21.8. The summed E-state index contributed by atoms with van der Waals surface area (Å²) >= 11 is 0. The zero-order valence-corrected chi connectivity index (χ0v) is 13.7. The molecular weight excluding hydrogens is 309 g/mol. The van der Waals surface area contributed by atoms with Gasteiger partial charge in [0.15, 0.2) is 0 Å². The molecule has 1 aromatic carbocycles. The number of nitrogens with zero attached hydrogens (tertiary/aromatic N) is 5. The summed E-state index contributed by atoms with van der Waals surface area (Å²) in [5.74, 6) is 1.41. The minimum atomic E-state index is -0.316. The predicted octanol–water partition coefficient (Wildman–Crippen LogP) is 1.74. The van der Waals surface area contributed by atoms with Gasteiger partial charge in [-0.15, -0.1) is 0 Å². The Morgan fingerprint density at radius 1 is 1.25 bits per heavy atom. The lowest BCUT2D eigenvalue weighted by Crippen LogP contribution is -2.54. The molecule has 2 aliphatic rings. The van der Waals surface area contributed by atoms with Crippen LogP contribution >= 0.6 is 0 Å². The predicted molar refractivity (Wildman–Crippen MR) is 86.9 cm³/mol. The number of carbonyl (C=O) groups is 1. The first-order chi connectivity index (χ1) is 11.6. The van der Waals surface area contributed by atoms with E-state index in [0.29, 0.717) is 18.8 Å². The molecule has 24 heavy (non-hydrogen) atoms. The van der Waals surface area contributed by atoms with Gasteiger partial charge in [-0.1, -0.05) is 6.07 Å². The molecule has 2 aromatic rings. The highest BCUT2D eigenvalue weighted by atomic mass is 19.1. The van der Waals surface area contributed by atoms with Crippen LogP contribution in [0.1, 0.15) is 24.5 Å². The molecule has 3 heterocycles. The number of fused-ring (bicyclic) bond motifs is 1. The molecule has 7 heteroatoms. The fourth-order valence-electron chi connectivity index (χ4n) is 3.64. The van der Waals surface area contributed by atoms with E-state index in [0.717, 1.165) is 37.6 Å². The number of aryl methyl sites for hydroxylation is 1. The Balaban J connectivity index is 1.55. The van der Waals surface area contributed by atoms with E-state index in [9.17, 15) is 9.18 Å². The average molecular weight is 329 g/mol. The minimum Gasteiger partial charge on any atom is -0.311 e. The lowest BCUT2D eigenvalue weighted by atomic mass is 10.0. The summed E-state index contributed by atoms with van der Waals surface area (Å²) in [6, 6.07) is 6.09. The molecule has 0 spiro atoms. The second-order valence-electron chi connectivity index (χ2n) is 6.40. The number of halogens is 1. The van der Waals surface area contributed by atoms with Crippen LogP contribution in [-0.4, -0.2) is 44.7 Å². The van der Waals surface area contributed by atoms with E-state index in [1.807, 2.05) is 11.6 Å². The van der Waals surface area contributed by atoms with Crippen molar-refractivity contribution in [3.05, 3.63) is 41.7 Å². The number of hydrogen-bond acceptors (Lipinski definition) is 4. The number of piperidine rings is 1. The van der Waals surface area contributed by atoms with E-state index in [2.05, 4.69) is 15.0 Å². The molecule has 1 atom stereocenters. The van der Waals surface area contributed by atoms with Crippen LogP contribution in [0.3, 0.4) is 0 Å². The molecule has 1 amide bonds. The fraction of sp³-hybridized carbons (Fsp3) is 0.471. The van der Waals surface area contributed by atoms with Crippen LogP contribution in [0.4, 0.5) is 10.1 Å². The first-order valence-corrected chi connectivity index (χ1v) is 8.33. The molecule has 0 radical (unpaired) electrons. The number of carbonyl (C=O) groups excluding carboxylic acids is 1. The van der Waals surface area contributed by atoms with Crippen molar-refractivity contribution < 1.29 is 9.18 Å². The second-order valence-corrected chi connectivity index (χ2v) is 6.40. The Morgan fingerprint density at radius 2 is 2.12 bits per heavy atom. The largest absolute Gasteiger partial charge is 0.311 e. The standard InChI is InChI=1S/C17H20FN5O/c1-12-19-16-11-21(8-9-23(16)20-12)15-6-3-7-22(17(15)24)14-5-2-4-13(18)10-14/h2,4-5,10,15H,3,6-9,11H2,1H3/t15-/m0/s1. The molecule has 0 bridgehead atoms. The molecule has 4 rings (SSSR count). The van der Waals surface area contributed by atoms with E-state index >= 15 is 0 Å². The van der Waals surface area contributed by atoms with E-state index in [1.54, 1.807) is 17.0 Å². The van der Waals surface area contributed by atoms with Gasteiger partial charge >= 0.3 is 0 Å². The van der Waals surface area contributed by atoms with Crippen LogP contribution in [0.15, 0.2) is 24.3 Å². The Labute approximate surface area is 139 Å². The van der Waals surface area contributed by atoms with Crippen molar-refractivity contribution in [2.75, 3.05) is 18.0 Å². The van der Waals surface area contributed by atoms with Gasteiger partial charge in [0.1, 0.15) is 17.5 Å². The summed E-state index contributed by atoms with van der Waals surface area (Å²) in [4.78, 5) is 21.3. The highest BCUT2D eigenvalue weighted by molar-refractivity contribution is 5.97. The Kier molecular flexibility index (Phi) is 3.80. The number of hydrogen-bond donors (Lipinski definition) is 0. The van der Waals surface area contributed by atoms with E-state index in [-0.39, 0.29) is 17.8 Å². The van der Waals surface area contributed by atoms with Crippen molar-refractivity contribution in [3.63, 3.8) is 0 Å². The minimum absolute atomic E-state index is 0.0523. The topological polar surface area (TPSA) is 54.3 Å². The van der Waals surface area contributed by atoms with Gasteiger partial charge in [-0.05, 0) is 38.0 Å². The van der Waals surface area contributed by atoms with Crippen LogP contribution in [0, 0.1) is 12.7 Å². The maximum absolute atomic E-state index is 13.5. The first kappa shape index (κ1) is 15.3. The summed E-state index contributed by atoms with van der Waals surface area (Å²) in [7, 11) is 0. The number of anilines is 1. The number of benzene rings is 1. The number of rotatable bonds is 2. The van der Waals surface area contributed by atoms with Gasteiger partial charge in [0, 0.05) is 18.8 Å². The van der Waals surface area contributed by atoms with Crippen molar-refractivity contribution in [2.24, 2.45) is 0 Å². The number of amides is 1. The third-order valence-electron chi connectivity index (χ3n) is 4.77. The molecule has 126 valence electrons. The van der Waals surface area contributed by atoms with Crippen molar-refractivity contribution in [2.45, 2.75) is 38.9 Å². The summed E-state index contributed by atoms with van der Waals surface area (Å²) in [5, 5.41) is 4.36. The first-order valence-electron chi connectivity index (χ1n) is 8.33. The molecule has 2 aliphatic heterocycles. The molecule has 6 nitrogen and oxygen atoms in total. The lowest BCUT2D eigenvalue weighted by Gasteiger charge is -2.39. The Morgan fingerprint density at radius 3 is 2.96 bits per heavy atom. The highest BCUT2D eigenvalue weighted by Gasteiger charge is 2.36. The van der Waals surface area contributed by atoms with Gasteiger partial charge in [0.05, 0.1) is 19.1 Å². The number of aromatic nitrogens is 3. The third-order valence-corrected chi connectivity index (χ3v) is 4.77. The quantitative estimate of drug-likeness (QED) is 0.842. The van der Waals surface area contributed by atoms with Gasteiger partial charge < -0.3 is 4.90 Å². The van der Waals surface area contributed by atoms with Crippen molar-refractivity contribution >= 4 is 11.6 Å². The Hall–Kier alpha value is -2.28. The monoisotopic (exact) mass is 329 g/mol. The highest BCUT2D eigenvalue weighted by Crippen LogP contribution is 2.26. The average Bonchev–Trinajstić information content (AvgIpc) is 2.94. The molecule has 0 N–H and O–H groups in total. The van der Waals surface area contributed by atoms with Gasteiger partial charge in [-0.2, -0.15) is 5.10 Å². The lowest BCUT2D eigenvalue weighted by molar-refractivity contribution is -0.126. The van der Waals surface area contributed by atoms with Crippen LogP contribution < -0.4 is 4.90 Å². The molecule has 0 saturated carbocycles. The van der Waals surface area contributed by atoms with Gasteiger partial charge in [-0.25, -0.2) is 14.1 Å². The SMILES string of the molecule is Cc1nc2n(n1)CCN([C@H]1CCCN(c3cccc(F)c3)C1=O)C2. The fourth-order valence-corrected chi connectivity index (χ4v) is 3.64. The summed E-state index contributed by atoms with van der Waals surface area (Å²) in [6.45, 7) is 4.69. The van der Waals surface area contributed by atoms with Crippen LogP contribution in [0.5, 0.6) is 0 Å². The van der Waals surface area contributed by atoms with Gasteiger partial charge in [0.2, 0.25) is 5.91 Å². The molecule has 0 aliphatic carbocycles. The molecular formula is C17H20FN5O. The molecule has 0 unspecified atom stereocenters. The third kappa shape index (κ3) is 2.69. The van der Waals surface area contributed by atoms with E-state index in [1.165, 1.54) is 12.1 Å². The van der Waals surface area contributed by atoms with Gasteiger partial charge in [-0.3, -0.25) is 9.69 Å². The molecule has 1 saturated heterocycles. The maximum atomic E-state index is 13.5. The zero-order valence-electron chi connectivity index (χ0n) is 13.7. The van der Waals surface area contributed by atoms with Crippen molar-refractivity contribution in [1.82, 2.24) is 19.7 Å². The Bertz CT molecular complexity index is 774. The van der Waals surface area contributed by atoms with Crippen molar-refractivity contribution in [3.8, 4) is 0 Å². The smallest absolute Gasteiger partial charge is 0.244 e. The van der Waals surface area contributed by atoms with Crippen LogP contribution in [0.2, 0.25) is 0 Å². The van der Waals surface area contributed by atoms with Crippen LogP contribution in [-0.2, 0) is 17.9 Å². The van der Waals surface area contributed by atoms with E-state index < -0.39 is 0 Å². The maximum Gasteiger partial charge on any atom is 0.244 e. The second kappa shape index (κ2) is 5.98. The molecule has 1 fully saturated rings. The zero-order chi connectivity index (χ0) is 16.7. The van der Waals surface area contributed by atoms with E-state index in [4.69, 9.17) is 0 Å². The summed E-state index contributed by atoms with van der Waals surface area (Å²) in [6.07, 6.45) is 1.74.